The van der Waals surface area contributed by atoms with E-state index in [0.717, 1.165) is 44.8 Å². The number of pyridine rings is 1. The van der Waals surface area contributed by atoms with Crippen LogP contribution in [0.1, 0.15) is 38.5 Å². The number of piperidine rings is 2. The molecule has 3 aliphatic rings. The minimum Gasteiger partial charge on any atom is -0.476 e. The van der Waals surface area contributed by atoms with E-state index in [4.69, 9.17) is 9.47 Å². The third-order valence-corrected chi connectivity index (χ3v) is 7.61. The number of methoxy groups -OCH3 is 1. The Bertz CT molecular complexity index is 952. The van der Waals surface area contributed by atoms with Crippen molar-refractivity contribution in [1.82, 2.24) is 19.9 Å². The molecule has 9 heteroatoms. The minimum absolute atomic E-state index is 0.286. The first-order valence-electron chi connectivity index (χ1n) is 12.4. The predicted octanol–water partition coefficient (Wildman–Crippen LogP) is 3.37. The molecular formula is C25H34N6O3. The quantitative estimate of drug-likeness (QED) is 0.614. The monoisotopic (exact) mass is 466 g/mol. The Labute approximate surface area is 201 Å². The number of rotatable bonds is 7. The number of aromatic nitrogens is 3. The average molecular weight is 467 g/mol. The van der Waals surface area contributed by atoms with Crippen molar-refractivity contribution in [3.8, 4) is 5.88 Å². The highest BCUT2D eigenvalue weighted by Gasteiger charge is 2.38. The first-order valence-corrected chi connectivity index (χ1v) is 12.4. The van der Waals surface area contributed by atoms with Gasteiger partial charge in [0.1, 0.15) is 18.8 Å². The van der Waals surface area contributed by atoms with Crippen LogP contribution in [0.4, 0.5) is 16.3 Å². The second kappa shape index (κ2) is 10.0. The molecule has 0 bridgehead atoms. The maximum Gasteiger partial charge on any atom is 0.409 e. The van der Waals surface area contributed by atoms with Crippen molar-refractivity contribution in [1.29, 1.82) is 0 Å². The molecule has 4 heterocycles. The zero-order valence-corrected chi connectivity index (χ0v) is 19.9. The maximum absolute atomic E-state index is 11.9. The number of amides is 1. The van der Waals surface area contributed by atoms with Crippen LogP contribution in [0.15, 0.2) is 36.9 Å². The Morgan fingerprint density at radius 2 is 1.74 bits per heavy atom. The molecule has 1 saturated carbocycles. The summed E-state index contributed by atoms with van der Waals surface area (Å²) >= 11 is 0. The molecule has 1 amide bonds. The van der Waals surface area contributed by atoms with Gasteiger partial charge >= 0.3 is 6.09 Å². The summed E-state index contributed by atoms with van der Waals surface area (Å²) in [6, 6.07) is 6.42. The number of carbonyl (C=O) groups excluding carboxylic acids is 1. The first-order chi connectivity index (χ1) is 16.7. The van der Waals surface area contributed by atoms with Gasteiger partial charge in [0.2, 0.25) is 5.88 Å². The lowest BCUT2D eigenvalue weighted by Crippen LogP contribution is -2.47. The van der Waals surface area contributed by atoms with E-state index in [0.29, 0.717) is 24.4 Å². The van der Waals surface area contributed by atoms with Crippen molar-refractivity contribution < 1.29 is 14.3 Å². The van der Waals surface area contributed by atoms with Gasteiger partial charge in [0.15, 0.2) is 0 Å². The molecule has 1 spiro atoms. The minimum atomic E-state index is -0.289. The molecule has 2 aromatic rings. The molecule has 2 saturated heterocycles. The van der Waals surface area contributed by atoms with Crippen LogP contribution >= 0.6 is 0 Å². The maximum atomic E-state index is 11.9. The van der Waals surface area contributed by atoms with Gasteiger partial charge in [-0.05, 0) is 56.1 Å². The van der Waals surface area contributed by atoms with Crippen LogP contribution in [0.5, 0.6) is 5.88 Å². The molecule has 182 valence electrons. The molecule has 0 unspecified atom stereocenters. The molecule has 3 fully saturated rings. The SMILES string of the molecule is COC(=O)N(CCOc1cc(N2CCC3(CCN(c4ccncc4)CC3)CC2)ncn1)C1CC1. The van der Waals surface area contributed by atoms with Gasteiger partial charge in [-0.2, -0.15) is 0 Å². The second-order valence-electron chi connectivity index (χ2n) is 9.64. The summed E-state index contributed by atoms with van der Waals surface area (Å²) in [5.74, 6) is 1.47. The normalized spacial score (nSPS) is 19.7. The van der Waals surface area contributed by atoms with Gasteiger partial charge < -0.3 is 24.2 Å². The summed E-state index contributed by atoms with van der Waals surface area (Å²) in [5, 5.41) is 0. The fraction of sp³-hybridized carbons (Fsp3) is 0.600. The van der Waals surface area contributed by atoms with Gasteiger partial charge in [-0.25, -0.2) is 14.8 Å². The Morgan fingerprint density at radius 1 is 1.06 bits per heavy atom. The van der Waals surface area contributed by atoms with Crippen molar-refractivity contribution in [2.45, 2.75) is 44.6 Å². The number of anilines is 2. The van der Waals surface area contributed by atoms with Crippen molar-refractivity contribution in [2.75, 3.05) is 56.2 Å². The molecular weight excluding hydrogens is 432 g/mol. The molecule has 5 rings (SSSR count). The Kier molecular flexibility index (Phi) is 6.69. The lowest BCUT2D eigenvalue weighted by molar-refractivity contribution is 0.112. The van der Waals surface area contributed by atoms with E-state index in [1.807, 2.05) is 18.5 Å². The molecule has 0 atom stereocenters. The van der Waals surface area contributed by atoms with E-state index in [1.165, 1.54) is 38.5 Å². The van der Waals surface area contributed by atoms with Crippen LogP contribution in [0.25, 0.3) is 0 Å². The molecule has 2 aliphatic heterocycles. The molecule has 9 nitrogen and oxygen atoms in total. The number of nitrogens with zero attached hydrogens (tertiary/aromatic N) is 6. The number of hydrogen-bond donors (Lipinski definition) is 0. The Hall–Kier alpha value is -3.10. The van der Waals surface area contributed by atoms with E-state index < -0.39 is 0 Å². The van der Waals surface area contributed by atoms with Crippen molar-refractivity contribution in [2.24, 2.45) is 5.41 Å². The fourth-order valence-corrected chi connectivity index (χ4v) is 5.26. The molecule has 0 aromatic carbocycles. The highest BCUT2D eigenvalue weighted by atomic mass is 16.5. The summed E-state index contributed by atoms with van der Waals surface area (Å²) in [6.45, 7) is 5.11. The summed E-state index contributed by atoms with van der Waals surface area (Å²) in [7, 11) is 1.42. The highest BCUT2D eigenvalue weighted by Crippen LogP contribution is 2.42. The number of carbonyl (C=O) groups is 1. The topological polar surface area (TPSA) is 83.9 Å². The van der Waals surface area contributed by atoms with E-state index in [2.05, 4.69) is 36.9 Å². The summed E-state index contributed by atoms with van der Waals surface area (Å²) in [4.78, 5) is 31.4. The summed E-state index contributed by atoms with van der Waals surface area (Å²) in [5.41, 5.74) is 1.72. The Morgan fingerprint density at radius 3 is 2.38 bits per heavy atom. The number of hydrogen-bond acceptors (Lipinski definition) is 8. The van der Waals surface area contributed by atoms with Crippen molar-refractivity contribution >= 4 is 17.6 Å². The van der Waals surface area contributed by atoms with Crippen molar-refractivity contribution in [3.63, 3.8) is 0 Å². The molecule has 1 aliphatic carbocycles. The second-order valence-corrected chi connectivity index (χ2v) is 9.64. The van der Waals surface area contributed by atoms with Crippen LogP contribution < -0.4 is 14.5 Å². The van der Waals surface area contributed by atoms with Gasteiger partial charge in [0, 0.05) is 56.4 Å². The Balaban J connectivity index is 1.11. The van der Waals surface area contributed by atoms with Gasteiger partial charge in [-0.15, -0.1) is 0 Å². The lowest BCUT2D eigenvalue weighted by atomic mass is 9.71. The summed E-state index contributed by atoms with van der Waals surface area (Å²) < 4.78 is 10.8. The van der Waals surface area contributed by atoms with E-state index in [-0.39, 0.29) is 12.1 Å². The zero-order chi connectivity index (χ0) is 23.4. The van der Waals surface area contributed by atoms with Gasteiger partial charge in [-0.3, -0.25) is 4.98 Å². The molecule has 0 radical (unpaired) electrons. The number of ether oxygens (including phenoxy) is 2. The smallest absolute Gasteiger partial charge is 0.409 e. The molecule has 34 heavy (non-hydrogen) atoms. The fourth-order valence-electron chi connectivity index (χ4n) is 5.26. The standard InChI is InChI=1S/C25H34N6O3/c1-33-24(32)31(21-2-3-21)16-17-34-23-18-22(27-19-28-23)30-14-8-25(9-15-30)6-12-29(13-7-25)20-4-10-26-11-5-20/h4-5,10-11,18-19,21H,2-3,6-9,12-17H2,1H3. The zero-order valence-electron chi connectivity index (χ0n) is 19.9. The van der Waals surface area contributed by atoms with Crippen LogP contribution in [0, 0.1) is 5.41 Å². The third-order valence-electron chi connectivity index (χ3n) is 7.61. The average Bonchev–Trinajstić information content (AvgIpc) is 3.73. The van der Waals surface area contributed by atoms with Gasteiger partial charge in [-0.1, -0.05) is 0 Å². The van der Waals surface area contributed by atoms with Crippen molar-refractivity contribution in [3.05, 3.63) is 36.9 Å². The van der Waals surface area contributed by atoms with Crippen LogP contribution in [0.2, 0.25) is 0 Å². The van der Waals surface area contributed by atoms with E-state index in [9.17, 15) is 4.79 Å². The van der Waals surface area contributed by atoms with Gasteiger partial charge in [0.05, 0.1) is 13.7 Å². The summed E-state index contributed by atoms with van der Waals surface area (Å²) in [6.07, 6.45) is 11.9. The third kappa shape index (κ3) is 5.18. The molecule has 2 aromatic heterocycles. The van der Waals surface area contributed by atoms with Crippen LogP contribution in [-0.2, 0) is 4.74 Å². The predicted molar refractivity (Wildman–Crippen MR) is 129 cm³/mol. The van der Waals surface area contributed by atoms with E-state index >= 15 is 0 Å². The largest absolute Gasteiger partial charge is 0.476 e. The van der Waals surface area contributed by atoms with Crippen LogP contribution in [0.3, 0.4) is 0 Å². The van der Waals surface area contributed by atoms with Crippen LogP contribution in [-0.4, -0.2) is 78.4 Å². The first kappa shape index (κ1) is 22.7. The molecule has 0 N–H and O–H groups in total. The van der Waals surface area contributed by atoms with E-state index in [1.54, 1.807) is 11.2 Å². The highest BCUT2D eigenvalue weighted by molar-refractivity contribution is 5.68. The lowest BCUT2D eigenvalue weighted by Gasteiger charge is -2.47. The van der Waals surface area contributed by atoms with Gasteiger partial charge in [0.25, 0.3) is 0 Å².